The third kappa shape index (κ3) is 9.47. The molecule has 0 aromatic rings. The lowest BCUT2D eigenvalue weighted by atomic mass is 9.80. The van der Waals surface area contributed by atoms with Gasteiger partial charge in [0.25, 0.3) is 0 Å². The Hall–Kier alpha value is -0.940. The predicted molar refractivity (Wildman–Crippen MR) is 119 cm³/mol. The fourth-order valence-electron chi connectivity index (χ4n) is 4.18. The van der Waals surface area contributed by atoms with Crippen LogP contribution in [0.5, 0.6) is 0 Å². The van der Waals surface area contributed by atoms with Crippen molar-refractivity contribution < 1.29 is 23.0 Å². The number of ether oxygens (including phenoxy) is 3. The van der Waals surface area contributed by atoms with Crippen LogP contribution in [0.4, 0.5) is 8.78 Å². The molecule has 0 aromatic carbocycles. The number of rotatable bonds is 14. The van der Waals surface area contributed by atoms with Gasteiger partial charge >= 0.3 is 0 Å². The van der Waals surface area contributed by atoms with Gasteiger partial charge in [-0.25, -0.2) is 8.78 Å². The Morgan fingerprint density at radius 1 is 0.933 bits per heavy atom. The molecule has 1 saturated carbocycles. The zero-order chi connectivity index (χ0) is 22.5. The molecule has 176 valence electrons. The van der Waals surface area contributed by atoms with Gasteiger partial charge < -0.3 is 14.2 Å². The summed E-state index contributed by atoms with van der Waals surface area (Å²) in [4.78, 5) is 0. The second-order valence-corrected chi connectivity index (χ2v) is 8.78. The molecule has 0 amide bonds. The zero-order valence-electron chi connectivity index (χ0n) is 20.1. The molecule has 1 aliphatic rings. The molecule has 2 atom stereocenters. The number of methoxy groups -OCH3 is 1. The Balaban J connectivity index is 2.38. The van der Waals surface area contributed by atoms with Gasteiger partial charge in [0.2, 0.25) is 0 Å². The largest absolute Gasteiger partial charge is 0.498 e. The van der Waals surface area contributed by atoms with Gasteiger partial charge in [-0.2, -0.15) is 0 Å². The fourth-order valence-corrected chi connectivity index (χ4v) is 4.18. The minimum atomic E-state index is -0.934. The van der Waals surface area contributed by atoms with Gasteiger partial charge in [-0.3, -0.25) is 0 Å². The van der Waals surface area contributed by atoms with E-state index in [0.717, 1.165) is 5.92 Å². The number of hydrogen-bond acceptors (Lipinski definition) is 3. The monoisotopic (exact) mass is 430 g/mol. The predicted octanol–water partition coefficient (Wildman–Crippen LogP) is 7.87. The third-order valence-electron chi connectivity index (χ3n) is 6.40. The van der Waals surface area contributed by atoms with Crippen molar-refractivity contribution in [2.24, 2.45) is 17.8 Å². The van der Waals surface area contributed by atoms with E-state index in [4.69, 9.17) is 14.2 Å². The van der Waals surface area contributed by atoms with Crippen molar-refractivity contribution in [2.75, 3.05) is 20.3 Å². The van der Waals surface area contributed by atoms with E-state index in [0.29, 0.717) is 31.1 Å². The lowest BCUT2D eigenvalue weighted by Gasteiger charge is -2.29. The normalized spacial score (nSPS) is 23.5. The lowest BCUT2D eigenvalue weighted by Crippen LogP contribution is -2.24. The van der Waals surface area contributed by atoms with Crippen LogP contribution in [-0.2, 0) is 14.2 Å². The summed E-state index contributed by atoms with van der Waals surface area (Å²) in [6, 6.07) is 0. The van der Waals surface area contributed by atoms with Crippen molar-refractivity contribution in [3.8, 4) is 0 Å². The fraction of sp³-hybridized carbons (Fsp3) is 0.840. The highest BCUT2D eigenvalue weighted by Crippen LogP contribution is 2.32. The molecule has 1 rings (SSSR count). The minimum absolute atomic E-state index is 0.0524. The van der Waals surface area contributed by atoms with Crippen LogP contribution in [0.2, 0.25) is 0 Å². The van der Waals surface area contributed by atoms with Gasteiger partial charge in [-0.1, -0.05) is 59.3 Å². The van der Waals surface area contributed by atoms with Gasteiger partial charge in [-0.15, -0.1) is 0 Å². The van der Waals surface area contributed by atoms with Crippen molar-refractivity contribution in [2.45, 2.75) is 98.7 Å². The molecule has 0 radical (unpaired) electrons. The summed E-state index contributed by atoms with van der Waals surface area (Å²) in [7, 11) is 1.33. The van der Waals surface area contributed by atoms with E-state index < -0.39 is 11.7 Å². The second kappa shape index (κ2) is 15.0. The molecular weight excluding hydrogens is 386 g/mol. The molecule has 1 aliphatic carbocycles. The average Bonchev–Trinajstić information content (AvgIpc) is 2.76. The molecule has 0 spiro atoms. The van der Waals surface area contributed by atoms with E-state index in [1.54, 1.807) is 0 Å². The van der Waals surface area contributed by atoms with E-state index in [2.05, 4.69) is 6.92 Å². The summed E-state index contributed by atoms with van der Waals surface area (Å²) in [5, 5.41) is 0. The van der Waals surface area contributed by atoms with Crippen molar-refractivity contribution in [1.82, 2.24) is 0 Å². The summed E-state index contributed by atoms with van der Waals surface area (Å²) in [6.07, 6.45) is 10.5. The van der Waals surface area contributed by atoms with E-state index >= 15 is 0 Å². The first-order chi connectivity index (χ1) is 14.3. The molecule has 30 heavy (non-hydrogen) atoms. The SMILES string of the molecule is CCCCCC1CCC(COC(C)OCC(C)/C(CC)=C(F)/C(F)=C(\C)OC)CC1. The third-order valence-corrected chi connectivity index (χ3v) is 6.40. The van der Waals surface area contributed by atoms with E-state index in [-0.39, 0.29) is 18.0 Å². The van der Waals surface area contributed by atoms with Crippen molar-refractivity contribution in [1.29, 1.82) is 0 Å². The maximum Gasteiger partial charge on any atom is 0.195 e. The summed E-state index contributed by atoms with van der Waals surface area (Å²) in [5.41, 5.74) is 0.400. The first kappa shape index (κ1) is 27.1. The quantitative estimate of drug-likeness (QED) is 0.121. The number of unbranched alkanes of at least 4 members (excludes halogenated alkanes) is 2. The van der Waals surface area contributed by atoms with Crippen LogP contribution in [-0.4, -0.2) is 26.6 Å². The number of hydrogen-bond donors (Lipinski definition) is 0. The van der Waals surface area contributed by atoms with E-state index in [9.17, 15) is 8.78 Å². The molecular formula is C25H44F2O3. The molecule has 0 heterocycles. The number of allylic oxidation sites excluding steroid dienone is 3. The highest BCUT2D eigenvalue weighted by atomic mass is 19.2. The molecule has 3 nitrogen and oxygen atoms in total. The van der Waals surface area contributed by atoms with Crippen LogP contribution in [0.1, 0.15) is 92.4 Å². The molecule has 1 fully saturated rings. The van der Waals surface area contributed by atoms with Crippen LogP contribution in [0.3, 0.4) is 0 Å². The van der Waals surface area contributed by atoms with Gasteiger partial charge in [-0.05, 0) is 50.5 Å². The molecule has 5 heteroatoms. The molecule has 0 N–H and O–H groups in total. The summed E-state index contributed by atoms with van der Waals surface area (Å²) < 4.78 is 45.1. The molecule has 0 bridgehead atoms. The molecule has 0 aromatic heterocycles. The highest BCUT2D eigenvalue weighted by molar-refractivity contribution is 5.28. The Kier molecular flexibility index (Phi) is 13.5. The van der Waals surface area contributed by atoms with Crippen LogP contribution in [0.15, 0.2) is 23.0 Å². The number of halogens is 2. The standard InChI is InChI=1S/C25H44F2O3/c1-7-9-10-11-21-12-14-22(15-13-21)17-30-20(5)29-16-18(3)23(8-2)25(27)24(26)19(4)28-6/h18,20-22H,7-17H2,1-6H3/b24-19-,25-23-. The van der Waals surface area contributed by atoms with Gasteiger partial charge in [0.05, 0.1) is 20.3 Å². The smallest absolute Gasteiger partial charge is 0.195 e. The van der Waals surface area contributed by atoms with Crippen LogP contribution in [0, 0.1) is 17.8 Å². The van der Waals surface area contributed by atoms with Crippen molar-refractivity contribution in [3.63, 3.8) is 0 Å². The first-order valence-electron chi connectivity index (χ1n) is 11.9. The zero-order valence-corrected chi connectivity index (χ0v) is 20.1. The maximum absolute atomic E-state index is 14.5. The Bertz CT molecular complexity index is 537. The van der Waals surface area contributed by atoms with Crippen LogP contribution >= 0.6 is 0 Å². The van der Waals surface area contributed by atoms with Crippen molar-refractivity contribution in [3.05, 3.63) is 23.0 Å². The molecule has 0 aliphatic heterocycles. The van der Waals surface area contributed by atoms with Gasteiger partial charge in [0.1, 0.15) is 5.76 Å². The Morgan fingerprint density at radius 2 is 1.57 bits per heavy atom. The maximum atomic E-state index is 14.5. The summed E-state index contributed by atoms with van der Waals surface area (Å²) >= 11 is 0. The highest BCUT2D eigenvalue weighted by Gasteiger charge is 2.23. The Morgan fingerprint density at radius 3 is 2.13 bits per heavy atom. The van der Waals surface area contributed by atoms with Crippen LogP contribution in [0.25, 0.3) is 0 Å². The average molecular weight is 431 g/mol. The molecule has 2 unspecified atom stereocenters. The van der Waals surface area contributed by atoms with E-state index in [1.165, 1.54) is 65.4 Å². The second-order valence-electron chi connectivity index (χ2n) is 8.78. The van der Waals surface area contributed by atoms with Crippen LogP contribution < -0.4 is 0 Å². The molecule has 0 saturated heterocycles. The lowest BCUT2D eigenvalue weighted by molar-refractivity contribution is -0.145. The minimum Gasteiger partial charge on any atom is -0.498 e. The summed E-state index contributed by atoms with van der Waals surface area (Å²) in [6.45, 7) is 10.2. The van der Waals surface area contributed by atoms with Crippen molar-refractivity contribution >= 4 is 0 Å². The Labute approximate surface area is 183 Å². The first-order valence-corrected chi connectivity index (χ1v) is 11.9. The van der Waals surface area contributed by atoms with E-state index in [1.807, 2.05) is 20.8 Å². The van der Waals surface area contributed by atoms with Gasteiger partial charge in [0, 0.05) is 5.92 Å². The van der Waals surface area contributed by atoms with Gasteiger partial charge in [0.15, 0.2) is 17.9 Å². The topological polar surface area (TPSA) is 27.7 Å². The summed E-state index contributed by atoms with van der Waals surface area (Å²) in [5.74, 6) is -0.560.